The van der Waals surface area contributed by atoms with Crippen LogP contribution in [0.5, 0.6) is 0 Å². The third-order valence-electron chi connectivity index (χ3n) is 2.19. The third-order valence-corrected chi connectivity index (χ3v) is 4.43. The van der Waals surface area contributed by atoms with Crippen molar-refractivity contribution in [1.29, 1.82) is 0 Å². The minimum atomic E-state index is -2.91. The van der Waals surface area contributed by atoms with Crippen LogP contribution in [-0.4, -0.2) is 43.2 Å². The number of nitrogens with zero attached hydrogens (tertiary/aromatic N) is 2. The zero-order valence-corrected chi connectivity index (χ0v) is 11.9. The quantitative estimate of drug-likeness (QED) is 0.621. The van der Waals surface area contributed by atoms with E-state index in [4.69, 9.17) is 0 Å². The van der Waals surface area contributed by atoms with E-state index in [1.54, 1.807) is 0 Å². The van der Waals surface area contributed by atoms with Gasteiger partial charge in [0.2, 0.25) is 0 Å². The third kappa shape index (κ3) is 4.51. The first-order valence-electron chi connectivity index (χ1n) is 5.30. The molecule has 0 amide bonds. The summed E-state index contributed by atoms with van der Waals surface area (Å²) < 4.78 is 22.1. The number of anilines is 1. The molecule has 0 saturated carbocycles. The largest absolute Gasteiger partial charge is 0.373 e. The minimum Gasteiger partial charge on any atom is -0.373 e. The zero-order chi connectivity index (χ0) is 12.9. The van der Waals surface area contributed by atoms with Crippen molar-refractivity contribution in [3.63, 3.8) is 0 Å². The highest BCUT2D eigenvalue weighted by Crippen LogP contribution is 2.25. The number of hydrogen-bond acceptors (Lipinski definition) is 6. The summed E-state index contributed by atoms with van der Waals surface area (Å²) in [6, 6.07) is 0. The van der Waals surface area contributed by atoms with Crippen LogP contribution in [0.2, 0.25) is 0 Å². The smallest absolute Gasteiger partial charge is 0.148 e. The predicted octanol–water partition coefficient (Wildman–Crippen LogP) is 1.22. The van der Waals surface area contributed by atoms with Crippen molar-refractivity contribution >= 4 is 27.4 Å². The molecule has 0 radical (unpaired) electrons. The molecule has 96 valence electrons. The Morgan fingerprint density at radius 2 is 2.12 bits per heavy atom. The lowest BCUT2D eigenvalue weighted by molar-refractivity contribution is 0.603. The normalized spacial score (nSPS) is 11.5. The van der Waals surface area contributed by atoms with Gasteiger partial charge in [-0.3, -0.25) is 0 Å². The SMILES string of the molecule is CCc1c(NC)ncnc1SCCS(C)(=O)=O. The van der Waals surface area contributed by atoms with E-state index in [0.717, 1.165) is 22.8 Å². The fraction of sp³-hybridized carbons (Fsp3) is 0.600. The highest BCUT2D eigenvalue weighted by Gasteiger charge is 2.10. The molecule has 0 unspecified atom stereocenters. The van der Waals surface area contributed by atoms with Gasteiger partial charge in [0.05, 0.1) is 5.75 Å². The molecule has 0 aliphatic heterocycles. The molecular weight excluding hydrogens is 258 g/mol. The van der Waals surface area contributed by atoms with E-state index in [1.165, 1.54) is 24.3 Å². The molecule has 0 aromatic carbocycles. The van der Waals surface area contributed by atoms with Gasteiger partial charge in [-0.1, -0.05) is 6.92 Å². The summed E-state index contributed by atoms with van der Waals surface area (Å²) >= 11 is 1.46. The van der Waals surface area contributed by atoms with Gasteiger partial charge in [0.1, 0.15) is 27.0 Å². The molecule has 1 heterocycles. The molecule has 0 fully saturated rings. The molecule has 0 bridgehead atoms. The zero-order valence-electron chi connectivity index (χ0n) is 10.2. The lowest BCUT2D eigenvalue weighted by atomic mass is 10.2. The molecule has 17 heavy (non-hydrogen) atoms. The molecule has 0 aliphatic carbocycles. The van der Waals surface area contributed by atoms with Crippen LogP contribution in [0.1, 0.15) is 12.5 Å². The molecule has 1 rings (SSSR count). The van der Waals surface area contributed by atoms with Gasteiger partial charge in [-0.15, -0.1) is 11.8 Å². The Kier molecular flexibility index (Phi) is 5.20. The number of sulfone groups is 1. The van der Waals surface area contributed by atoms with E-state index < -0.39 is 9.84 Å². The van der Waals surface area contributed by atoms with Crippen molar-refractivity contribution in [3.8, 4) is 0 Å². The first-order valence-corrected chi connectivity index (χ1v) is 8.34. The summed E-state index contributed by atoms with van der Waals surface area (Å²) in [6.07, 6.45) is 3.55. The molecule has 0 spiro atoms. The standard InChI is InChI=1S/C10H17N3O2S2/c1-4-8-9(11-2)12-7-13-10(8)16-5-6-17(3,14)15/h7H,4-6H2,1-3H3,(H,11,12,13). The summed E-state index contributed by atoms with van der Waals surface area (Å²) in [5, 5.41) is 3.87. The van der Waals surface area contributed by atoms with Crippen LogP contribution in [0, 0.1) is 0 Å². The highest BCUT2D eigenvalue weighted by atomic mass is 32.2. The Morgan fingerprint density at radius 3 is 2.65 bits per heavy atom. The second-order valence-corrected chi connectivity index (χ2v) is 6.93. The van der Waals surface area contributed by atoms with Crippen molar-refractivity contribution in [1.82, 2.24) is 9.97 Å². The van der Waals surface area contributed by atoms with Crippen molar-refractivity contribution in [2.24, 2.45) is 0 Å². The molecule has 0 saturated heterocycles. The van der Waals surface area contributed by atoms with Gasteiger partial charge >= 0.3 is 0 Å². The van der Waals surface area contributed by atoms with E-state index >= 15 is 0 Å². The lowest BCUT2D eigenvalue weighted by Gasteiger charge is -2.10. The Balaban J connectivity index is 2.77. The Morgan fingerprint density at radius 1 is 1.41 bits per heavy atom. The predicted molar refractivity (Wildman–Crippen MR) is 71.4 cm³/mol. The van der Waals surface area contributed by atoms with Gasteiger partial charge in [0.15, 0.2) is 0 Å². The van der Waals surface area contributed by atoms with E-state index in [9.17, 15) is 8.42 Å². The topological polar surface area (TPSA) is 72.0 Å². The minimum absolute atomic E-state index is 0.166. The van der Waals surface area contributed by atoms with Crippen molar-refractivity contribution < 1.29 is 8.42 Å². The Hall–Kier alpha value is -0.820. The van der Waals surface area contributed by atoms with Gasteiger partial charge in [-0.2, -0.15) is 0 Å². The van der Waals surface area contributed by atoms with Crippen molar-refractivity contribution in [2.45, 2.75) is 18.4 Å². The summed E-state index contributed by atoms with van der Waals surface area (Å²) in [4.78, 5) is 8.33. The first-order chi connectivity index (χ1) is 7.98. The number of aromatic nitrogens is 2. The maximum Gasteiger partial charge on any atom is 0.148 e. The van der Waals surface area contributed by atoms with E-state index in [2.05, 4.69) is 15.3 Å². The Bertz CT molecular complexity index is 474. The van der Waals surface area contributed by atoms with Gasteiger partial charge in [-0.05, 0) is 6.42 Å². The van der Waals surface area contributed by atoms with E-state index in [-0.39, 0.29) is 5.75 Å². The van der Waals surface area contributed by atoms with Crippen molar-refractivity contribution in [2.75, 3.05) is 30.1 Å². The monoisotopic (exact) mass is 275 g/mol. The van der Waals surface area contributed by atoms with Crippen LogP contribution in [0.3, 0.4) is 0 Å². The molecule has 5 nitrogen and oxygen atoms in total. The van der Waals surface area contributed by atoms with Crippen LogP contribution < -0.4 is 5.32 Å². The van der Waals surface area contributed by atoms with E-state index in [0.29, 0.717) is 5.75 Å². The second kappa shape index (κ2) is 6.20. The average Bonchev–Trinajstić information content (AvgIpc) is 2.27. The first kappa shape index (κ1) is 14.2. The second-order valence-electron chi connectivity index (χ2n) is 3.59. The molecule has 1 aromatic heterocycles. The van der Waals surface area contributed by atoms with Gasteiger partial charge in [-0.25, -0.2) is 18.4 Å². The van der Waals surface area contributed by atoms with Gasteiger partial charge in [0.25, 0.3) is 0 Å². The number of thioether (sulfide) groups is 1. The van der Waals surface area contributed by atoms with E-state index in [1.807, 2.05) is 14.0 Å². The molecule has 0 atom stereocenters. The number of hydrogen-bond donors (Lipinski definition) is 1. The maximum absolute atomic E-state index is 11.0. The fourth-order valence-corrected chi connectivity index (χ4v) is 3.62. The lowest BCUT2D eigenvalue weighted by Crippen LogP contribution is -2.06. The number of rotatable bonds is 6. The van der Waals surface area contributed by atoms with Crippen LogP contribution in [0.25, 0.3) is 0 Å². The van der Waals surface area contributed by atoms with Crippen LogP contribution in [0.4, 0.5) is 5.82 Å². The highest BCUT2D eigenvalue weighted by molar-refractivity contribution is 8.00. The summed E-state index contributed by atoms with van der Waals surface area (Å²) in [5.41, 5.74) is 1.04. The van der Waals surface area contributed by atoms with Crippen LogP contribution >= 0.6 is 11.8 Å². The molecule has 7 heteroatoms. The number of nitrogens with one attached hydrogen (secondary N) is 1. The van der Waals surface area contributed by atoms with Gasteiger partial charge in [0, 0.05) is 24.6 Å². The summed E-state index contributed by atoms with van der Waals surface area (Å²) in [5.74, 6) is 1.50. The van der Waals surface area contributed by atoms with Gasteiger partial charge < -0.3 is 5.32 Å². The van der Waals surface area contributed by atoms with Crippen LogP contribution in [-0.2, 0) is 16.3 Å². The fourth-order valence-electron chi connectivity index (χ4n) is 1.34. The van der Waals surface area contributed by atoms with Crippen LogP contribution in [0.15, 0.2) is 11.4 Å². The average molecular weight is 275 g/mol. The summed E-state index contributed by atoms with van der Waals surface area (Å²) in [6.45, 7) is 2.03. The Labute approximate surface area is 106 Å². The van der Waals surface area contributed by atoms with Crippen molar-refractivity contribution in [3.05, 3.63) is 11.9 Å². The molecular formula is C10H17N3O2S2. The summed E-state index contributed by atoms with van der Waals surface area (Å²) in [7, 11) is -1.10. The molecule has 1 N–H and O–H groups in total. The maximum atomic E-state index is 11.0. The molecule has 0 aliphatic rings. The molecule has 1 aromatic rings.